The maximum absolute atomic E-state index is 9.12. The molecule has 3 rings (SSSR count). The van der Waals surface area contributed by atoms with Crippen LogP contribution in [0.2, 0.25) is 0 Å². The van der Waals surface area contributed by atoms with E-state index in [4.69, 9.17) is 5.26 Å². The third-order valence-corrected chi connectivity index (χ3v) is 3.67. The molecule has 6 nitrogen and oxygen atoms in total. The highest BCUT2D eigenvalue weighted by atomic mass is 15.1. The highest BCUT2D eigenvalue weighted by Crippen LogP contribution is 2.25. The summed E-state index contributed by atoms with van der Waals surface area (Å²) >= 11 is 0. The van der Waals surface area contributed by atoms with Crippen LogP contribution in [0.25, 0.3) is 10.8 Å². The molecule has 1 aliphatic heterocycles. The number of rotatable bonds is 4. The Labute approximate surface area is 130 Å². The first-order valence-corrected chi connectivity index (χ1v) is 7.60. The van der Waals surface area contributed by atoms with Gasteiger partial charge >= 0.3 is 0 Å². The summed E-state index contributed by atoms with van der Waals surface area (Å²) in [6, 6.07) is 6.54. The molecule has 0 aromatic carbocycles. The fraction of sp³-hybridized carbons (Fsp3) is 0.438. The van der Waals surface area contributed by atoms with Crippen LogP contribution < -0.4 is 16.0 Å². The van der Waals surface area contributed by atoms with Gasteiger partial charge in [0, 0.05) is 35.6 Å². The molecule has 3 heterocycles. The lowest BCUT2D eigenvalue weighted by atomic mass is 10.1. The Bertz CT molecular complexity index is 712. The Kier molecular flexibility index (Phi) is 4.07. The SMILES string of the molecule is CC(C)Nc1nc(C#N)cc2cnc(N[C@H]3CCNC3)cc12. The molecule has 1 fully saturated rings. The number of hydrogen-bond donors (Lipinski definition) is 3. The predicted molar refractivity (Wildman–Crippen MR) is 87.9 cm³/mol. The average molecular weight is 296 g/mol. The zero-order valence-electron chi connectivity index (χ0n) is 12.8. The van der Waals surface area contributed by atoms with Gasteiger partial charge in [-0.25, -0.2) is 9.97 Å². The largest absolute Gasteiger partial charge is 0.367 e. The summed E-state index contributed by atoms with van der Waals surface area (Å²) < 4.78 is 0. The van der Waals surface area contributed by atoms with E-state index in [0.717, 1.165) is 41.9 Å². The second-order valence-corrected chi connectivity index (χ2v) is 5.89. The maximum Gasteiger partial charge on any atom is 0.143 e. The Morgan fingerprint density at radius 2 is 2.27 bits per heavy atom. The highest BCUT2D eigenvalue weighted by molar-refractivity contribution is 5.93. The van der Waals surface area contributed by atoms with Crippen molar-refractivity contribution >= 4 is 22.4 Å². The van der Waals surface area contributed by atoms with E-state index in [-0.39, 0.29) is 6.04 Å². The van der Waals surface area contributed by atoms with Gasteiger partial charge in [0.15, 0.2) is 0 Å². The lowest BCUT2D eigenvalue weighted by Gasteiger charge is -2.15. The van der Waals surface area contributed by atoms with Crippen LogP contribution in [0.5, 0.6) is 0 Å². The van der Waals surface area contributed by atoms with Crippen LogP contribution in [0, 0.1) is 11.3 Å². The van der Waals surface area contributed by atoms with Gasteiger partial charge in [0.25, 0.3) is 0 Å². The standard InChI is InChI=1S/C16H20N6/c1-10(2)20-16-14-6-15(21-12-3-4-18-9-12)19-8-11(14)5-13(7-17)22-16/h5-6,8,10,12,18H,3-4,9H2,1-2H3,(H,19,21)(H,20,22)/t12-/m0/s1. The lowest BCUT2D eigenvalue weighted by Crippen LogP contribution is -2.22. The lowest BCUT2D eigenvalue weighted by molar-refractivity contribution is 0.788. The van der Waals surface area contributed by atoms with E-state index in [0.29, 0.717) is 11.7 Å². The van der Waals surface area contributed by atoms with Gasteiger partial charge < -0.3 is 16.0 Å². The molecule has 2 aromatic heterocycles. The third kappa shape index (κ3) is 3.10. The summed E-state index contributed by atoms with van der Waals surface area (Å²) in [6.45, 7) is 6.11. The van der Waals surface area contributed by atoms with Crippen molar-refractivity contribution in [3.05, 3.63) is 24.0 Å². The zero-order chi connectivity index (χ0) is 15.5. The molecule has 114 valence electrons. The van der Waals surface area contributed by atoms with Crippen LogP contribution in [-0.4, -0.2) is 35.1 Å². The van der Waals surface area contributed by atoms with Gasteiger partial charge in [-0.15, -0.1) is 0 Å². The third-order valence-electron chi connectivity index (χ3n) is 3.67. The molecule has 0 bridgehead atoms. The first-order chi connectivity index (χ1) is 10.7. The van der Waals surface area contributed by atoms with Gasteiger partial charge in [-0.05, 0) is 38.9 Å². The van der Waals surface area contributed by atoms with Crippen LogP contribution in [0.1, 0.15) is 26.0 Å². The molecule has 0 saturated carbocycles. The molecule has 0 amide bonds. The fourth-order valence-corrected chi connectivity index (χ4v) is 2.65. The zero-order valence-corrected chi connectivity index (χ0v) is 12.8. The maximum atomic E-state index is 9.12. The quantitative estimate of drug-likeness (QED) is 0.801. The first-order valence-electron chi connectivity index (χ1n) is 7.60. The molecular weight excluding hydrogens is 276 g/mol. The molecule has 0 aliphatic carbocycles. The molecule has 1 aliphatic rings. The predicted octanol–water partition coefficient (Wildman–Crippen LogP) is 2.10. The van der Waals surface area contributed by atoms with Gasteiger partial charge in [-0.1, -0.05) is 0 Å². The van der Waals surface area contributed by atoms with Crippen molar-refractivity contribution in [2.24, 2.45) is 0 Å². The van der Waals surface area contributed by atoms with Crippen LogP contribution in [0.3, 0.4) is 0 Å². The van der Waals surface area contributed by atoms with E-state index >= 15 is 0 Å². The van der Waals surface area contributed by atoms with Crippen LogP contribution in [-0.2, 0) is 0 Å². The molecule has 3 N–H and O–H groups in total. The summed E-state index contributed by atoms with van der Waals surface area (Å²) in [5, 5.41) is 21.1. The number of aromatic nitrogens is 2. The molecule has 1 atom stereocenters. The Hall–Kier alpha value is -2.39. The van der Waals surface area contributed by atoms with E-state index in [9.17, 15) is 0 Å². The number of hydrogen-bond acceptors (Lipinski definition) is 6. The second kappa shape index (κ2) is 6.16. The second-order valence-electron chi connectivity index (χ2n) is 5.89. The van der Waals surface area contributed by atoms with Gasteiger partial charge in [0.1, 0.15) is 23.4 Å². The van der Waals surface area contributed by atoms with Crippen molar-refractivity contribution < 1.29 is 0 Å². The summed E-state index contributed by atoms with van der Waals surface area (Å²) in [4.78, 5) is 8.85. The molecule has 2 aromatic rings. The topological polar surface area (TPSA) is 85.7 Å². The Balaban J connectivity index is 1.99. The number of nitrogens with one attached hydrogen (secondary N) is 3. The van der Waals surface area contributed by atoms with Crippen molar-refractivity contribution in [2.45, 2.75) is 32.4 Å². The number of pyridine rings is 2. The smallest absolute Gasteiger partial charge is 0.143 e. The Morgan fingerprint density at radius 3 is 2.95 bits per heavy atom. The number of nitriles is 1. The van der Waals surface area contributed by atoms with Gasteiger partial charge in [0.05, 0.1) is 0 Å². The van der Waals surface area contributed by atoms with E-state index in [1.54, 1.807) is 12.3 Å². The minimum atomic E-state index is 0.244. The fourth-order valence-electron chi connectivity index (χ4n) is 2.65. The molecular formula is C16H20N6. The van der Waals surface area contributed by atoms with Crippen molar-refractivity contribution in [1.29, 1.82) is 5.26 Å². The van der Waals surface area contributed by atoms with Crippen molar-refractivity contribution in [1.82, 2.24) is 15.3 Å². The van der Waals surface area contributed by atoms with Crippen molar-refractivity contribution in [3.63, 3.8) is 0 Å². The number of anilines is 2. The van der Waals surface area contributed by atoms with E-state index in [2.05, 4.69) is 45.8 Å². The first kappa shape index (κ1) is 14.5. The van der Waals surface area contributed by atoms with Crippen LogP contribution in [0.4, 0.5) is 11.6 Å². The van der Waals surface area contributed by atoms with E-state index in [1.165, 1.54) is 0 Å². The van der Waals surface area contributed by atoms with E-state index in [1.807, 2.05) is 6.07 Å². The number of nitrogens with zero attached hydrogens (tertiary/aromatic N) is 3. The molecule has 6 heteroatoms. The summed E-state index contributed by atoms with van der Waals surface area (Å²) in [7, 11) is 0. The average Bonchev–Trinajstić information content (AvgIpc) is 3.00. The van der Waals surface area contributed by atoms with E-state index < -0.39 is 0 Å². The van der Waals surface area contributed by atoms with Crippen molar-refractivity contribution in [3.8, 4) is 6.07 Å². The van der Waals surface area contributed by atoms with Crippen molar-refractivity contribution in [2.75, 3.05) is 23.7 Å². The van der Waals surface area contributed by atoms with Gasteiger partial charge in [0.2, 0.25) is 0 Å². The molecule has 22 heavy (non-hydrogen) atoms. The van der Waals surface area contributed by atoms with Gasteiger partial charge in [-0.3, -0.25) is 0 Å². The normalized spacial score (nSPS) is 17.6. The minimum absolute atomic E-state index is 0.244. The summed E-state index contributed by atoms with van der Waals surface area (Å²) in [5.74, 6) is 1.58. The Morgan fingerprint density at radius 1 is 1.41 bits per heavy atom. The minimum Gasteiger partial charge on any atom is -0.367 e. The summed E-state index contributed by atoms with van der Waals surface area (Å²) in [6.07, 6.45) is 2.90. The monoisotopic (exact) mass is 296 g/mol. The summed E-state index contributed by atoms with van der Waals surface area (Å²) in [5.41, 5.74) is 0.401. The molecule has 0 spiro atoms. The van der Waals surface area contributed by atoms with Crippen LogP contribution >= 0.6 is 0 Å². The molecule has 0 unspecified atom stereocenters. The highest BCUT2D eigenvalue weighted by Gasteiger charge is 2.15. The molecule has 0 radical (unpaired) electrons. The molecule has 1 saturated heterocycles. The number of fused-ring (bicyclic) bond motifs is 1. The van der Waals surface area contributed by atoms with Gasteiger partial charge in [-0.2, -0.15) is 5.26 Å². The van der Waals surface area contributed by atoms with Crippen LogP contribution in [0.15, 0.2) is 18.3 Å².